The van der Waals surface area contributed by atoms with Crippen molar-refractivity contribution in [1.29, 1.82) is 0 Å². The van der Waals surface area contributed by atoms with Gasteiger partial charge in [0.2, 0.25) is 12.0 Å². The monoisotopic (exact) mass is 709 g/mol. The molecule has 242 valence electrons. The molecule has 0 bridgehead atoms. The number of esters is 1. The minimum absolute atomic E-state index is 0.0408. The number of β-lactam (4-membered cyclic amide) rings is 1. The van der Waals surface area contributed by atoms with Crippen molar-refractivity contribution in [3.63, 3.8) is 0 Å². The minimum Gasteiger partial charge on any atom is -0.452 e. The fourth-order valence-electron chi connectivity index (χ4n) is 5.06. The molecule has 47 heavy (non-hydrogen) atoms. The van der Waals surface area contributed by atoms with Crippen molar-refractivity contribution in [3.05, 3.63) is 99.1 Å². The van der Waals surface area contributed by atoms with Crippen LogP contribution in [0, 0.1) is 12.8 Å². The number of oxime groups is 1. The predicted molar refractivity (Wildman–Crippen MR) is 183 cm³/mol. The van der Waals surface area contributed by atoms with Crippen LogP contribution >= 0.6 is 42.7 Å². The van der Waals surface area contributed by atoms with Gasteiger partial charge in [0.1, 0.15) is 11.4 Å². The minimum atomic E-state index is -1.51. The summed E-state index contributed by atoms with van der Waals surface area (Å²) >= 11 is 8.80. The van der Waals surface area contributed by atoms with Crippen LogP contribution in [0.25, 0.3) is 0 Å². The lowest BCUT2D eigenvalue weighted by atomic mass is 9.89. The first-order chi connectivity index (χ1) is 22.6. The third-order valence-corrected chi connectivity index (χ3v) is 10.3. The number of rotatable bonds is 13. The Morgan fingerprint density at radius 2 is 1.77 bits per heavy atom. The average molecular weight is 710 g/mol. The number of ether oxygens (including phenoxy) is 1. The Morgan fingerprint density at radius 1 is 1.13 bits per heavy atom. The molecule has 1 aromatic heterocycles. The molecule has 2 radical (unpaired) electrons. The van der Waals surface area contributed by atoms with Crippen LogP contribution in [0.4, 0.5) is 0 Å². The molecule has 3 aromatic rings. The van der Waals surface area contributed by atoms with Gasteiger partial charge < -0.3 is 14.1 Å². The number of Topliss-reactive ketones (excluding diaryl/α,β-unsaturated/α-hetero) is 1. The number of carbonyl (C=O) groups is 4. The van der Waals surface area contributed by atoms with Gasteiger partial charge in [-0.3, -0.25) is 14.5 Å². The number of aryl methyl sites for hydroxylation is 1. The van der Waals surface area contributed by atoms with Gasteiger partial charge in [-0.1, -0.05) is 65.8 Å². The molecule has 15 heteroatoms. The number of thiazole rings is 1. The molecule has 2 aromatic carbocycles. The van der Waals surface area contributed by atoms with Gasteiger partial charge in [-0.2, -0.15) is 0 Å². The number of halogens is 1. The summed E-state index contributed by atoms with van der Waals surface area (Å²) in [7, 11) is 4.19. The molecule has 0 N–H and O–H groups in total. The fraction of sp³-hybridized carbons (Fsp3) is 0.312. The molecule has 2 unspecified atom stereocenters. The highest BCUT2D eigenvalue weighted by Crippen LogP contribution is 2.46. The van der Waals surface area contributed by atoms with Crippen molar-refractivity contribution in [3.8, 4) is 0 Å². The van der Waals surface area contributed by atoms with Gasteiger partial charge in [0, 0.05) is 31.5 Å². The predicted octanol–water partition coefficient (Wildman–Crippen LogP) is 5.53. The maximum atomic E-state index is 13.7. The first-order valence-electron chi connectivity index (χ1n) is 14.5. The van der Waals surface area contributed by atoms with Crippen LogP contribution in [-0.2, 0) is 33.3 Å². The zero-order chi connectivity index (χ0) is 33.7. The summed E-state index contributed by atoms with van der Waals surface area (Å²) in [6, 6.07) is 18.6. The first kappa shape index (κ1) is 34.8. The molecule has 2 aliphatic heterocycles. The highest BCUT2D eigenvalue weighted by molar-refractivity contribution is 8.00. The van der Waals surface area contributed by atoms with E-state index in [2.05, 4.69) is 10.1 Å². The second-order valence-electron chi connectivity index (χ2n) is 10.7. The SMILES string of the molecule is [B]P(C)OC(=O)C1=C(CCl)CSC2[C@H](CC(=O)/C(=N\O[C@@H](C)C(=O)OC(c3ccccc3)c3ccccc3)c3csc(C)n3)C(=O)N12. The van der Waals surface area contributed by atoms with Gasteiger partial charge in [0.15, 0.2) is 25.2 Å². The van der Waals surface area contributed by atoms with E-state index in [-0.39, 0.29) is 29.4 Å². The molecule has 0 saturated carbocycles. The molecule has 2 aliphatic rings. The molecule has 0 aliphatic carbocycles. The molecule has 3 heterocycles. The Hall–Kier alpha value is -3.51. The molecule has 1 fully saturated rings. The Labute approximate surface area is 288 Å². The lowest BCUT2D eigenvalue weighted by Gasteiger charge is -2.49. The van der Waals surface area contributed by atoms with Crippen molar-refractivity contribution in [2.24, 2.45) is 11.1 Å². The van der Waals surface area contributed by atoms with Gasteiger partial charge in [-0.05, 0) is 37.2 Å². The number of benzene rings is 2. The van der Waals surface area contributed by atoms with Gasteiger partial charge in [-0.25, -0.2) is 14.6 Å². The largest absolute Gasteiger partial charge is 0.452 e. The number of thioether (sulfide) groups is 1. The second-order valence-corrected chi connectivity index (χ2v) is 14.4. The number of amides is 1. The average Bonchev–Trinajstić information content (AvgIpc) is 3.50. The second kappa shape index (κ2) is 15.6. The number of hydrogen-bond acceptors (Lipinski definition) is 11. The van der Waals surface area contributed by atoms with Crippen molar-refractivity contribution < 1.29 is 33.3 Å². The number of alkyl halides is 1. The molecule has 0 spiro atoms. The number of hydrogen-bond donors (Lipinski definition) is 0. The normalized spacial score (nSPS) is 19.0. The van der Waals surface area contributed by atoms with Crippen LogP contribution in [0.5, 0.6) is 0 Å². The summed E-state index contributed by atoms with van der Waals surface area (Å²) in [5.74, 6) is -2.63. The van der Waals surface area contributed by atoms with Crippen LogP contribution in [0.3, 0.4) is 0 Å². The lowest BCUT2D eigenvalue weighted by Crippen LogP contribution is -2.62. The molecular formula is C32H30BClN3O7PS2. The summed E-state index contributed by atoms with van der Waals surface area (Å²) in [6.07, 6.45) is -2.08. The van der Waals surface area contributed by atoms with E-state index in [0.29, 0.717) is 16.3 Å². The molecule has 5 rings (SSSR count). The summed E-state index contributed by atoms with van der Waals surface area (Å²) in [5.41, 5.74) is 2.33. The van der Waals surface area contributed by atoms with Gasteiger partial charge in [0.05, 0.1) is 16.3 Å². The highest BCUT2D eigenvalue weighted by Gasteiger charge is 2.54. The van der Waals surface area contributed by atoms with Crippen molar-refractivity contribution in [2.45, 2.75) is 37.9 Å². The summed E-state index contributed by atoms with van der Waals surface area (Å²) in [5, 5.41) is 5.95. The van der Waals surface area contributed by atoms with E-state index in [1.165, 1.54) is 34.9 Å². The fourth-order valence-corrected chi connectivity index (χ4v) is 7.76. The summed E-state index contributed by atoms with van der Waals surface area (Å²) in [4.78, 5) is 64.4. The van der Waals surface area contributed by atoms with E-state index < -0.39 is 55.2 Å². The molecule has 1 saturated heterocycles. The molecule has 4 atom stereocenters. The molecule has 1 amide bonds. The van der Waals surface area contributed by atoms with Crippen LogP contribution < -0.4 is 0 Å². The third kappa shape index (κ3) is 7.97. The van der Waals surface area contributed by atoms with Crippen molar-refractivity contribution in [1.82, 2.24) is 9.88 Å². The molecule has 10 nitrogen and oxygen atoms in total. The van der Waals surface area contributed by atoms with Gasteiger partial charge >= 0.3 is 11.9 Å². The lowest BCUT2D eigenvalue weighted by molar-refractivity contribution is -0.160. The Bertz CT molecular complexity index is 1670. The van der Waals surface area contributed by atoms with E-state index in [4.69, 9.17) is 33.3 Å². The quantitative estimate of drug-likeness (QED) is 0.0429. The smallest absolute Gasteiger partial charge is 0.356 e. The number of carbonyl (C=O) groups excluding carboxylic acids is 4. The number of fused-ring (bicyclic) bond motifs is 1. The van der Waals surface area contributed by atoms with Crippen molar-refractivity contribution >= 4 is 79.6 Å². The topological polar surface area (TPSA) is 124 Å². The first-order valence-corrected chi connectivity index (χ1v) is 18.8. The van der Waals surface area contributed by atoms with E-state index in [9.17, 15) is 19.2 Å². The van der Waals surface area contributed by atoms with Gasteiger partial charge in [-0.15, -0.1) is 34.7 Å². The van der Waals surface area contributed by atoms with Crippen molar-refractivity contribution in [2.75, 3.05) is 18.3 Å². The zero-order valence-corrected chi connectivity index (χ0v) is 29.0. The summed E-state index contributed by atoms with van der Waals surface area (Å²) in [6.45, 7) is 4.82. The standard InChI is InChI=1S/C32H30BClN3O7PS2/c1-18(31(40)42-28(20-10-6-4-7-11-20)21-12-8-5-9-13-21)43-36-26(24-17-46-19(2)35-24)25(38)14-23-29(39)37-27(32(41)44-45(3)33)22(15-34)16-47-30(23)37/h4-13,17-18,23,28,30H,14-16H2,1-3H3/b36-26-/t18-,23+,30?,45?/m0/s1. The van der Waals surface area contributed by atoms with E-state index >= 15 is 0 Å². The zero-order valence-electron chi connectivity index (χ0n) is 25.7. The van der Waals surface area contributed by atoms with Crippen LogP contribution in [0.15, 0.2) is 82.5 Å². The van der Waals surface area contributed by atoms with E-state index in [1.807, 2.05) is 60.7 Å². The maximum absolute atomic E-state index is 13.7. The van der Waals surface area contributed by atoms with Crippen LogP contribution in [0.2, 0.25) is 0 Å². The Morgan fingerprint density at radius 3 is 2.32 bits per heavy atom. The number of ketones is 1. The third-order valence-electron chi connectivity index (χ3n) is 7.34. The summed E-state index contributed by atoms with van der Waals surface area (Å²) < 4.78 is 11.1. The van der Waals surface area contributed by atoms with E-state index in [1.54, 1.807) is 19.0 Å². The van der Waals surface area contributed by atoms with Crippen LogP contribution in [-0.4, -0.2) is 76.6 Å². The number of aromatic nitrogens is 1. The highest BCUT2D eigenvalue weighted by atomic mass is 35.5. The van der Waals surface area contributed by atoms with E-state index in [0.717, 1.165) is 11.1 Å². The molecular weight excluding hydrogens is 680 g/mol. The number of nitrogens with zero attached hydrogens (tertiary/aromatic N) is 3. The Balaban J connectivity index is 1.31. The maximum Gasteiger partial charge on any atom is 0.356 e. The van der Waals surface area contributed by atoms with Gasteiger partial charge in [0.25, 0.3) is 0 Å². The van der Waals surface area contributed by atoms with Crippen LogP contribution in [0.1, 0.15) is 41.3 Å². The Kier molecular flexibility index (Phi) is 11.6.